The minimum Gasteiger partial charge on any atom is -0.342 e. The largest absolute Gasteiger partial charge is 0.342 e. The smallest absolute Gasteiger partial charge is 0.257 e. The van der Waals surface area contributed by atoms with Crippen LogP contribution in [0, 0.1) is 5.92 Å². The minimum absolute atomic E-state index is 0.136. The van der Waals surface area contributed by atoms with Gasteiger partial charge in [-0.25, -0.2) is 8.78 Å². The van der Waals surface area contributed by atoms with Crippen LogP contribution in [0.3, 0.4) is 0 Å². The van der Waals surface area contributed by atoms with E-state index in [4.69, 9.17) is 0 Å². The van der Waals surface area contributed by atoms with Gasteiger partial charge in [-0.15, -0.1) is 0 Å². The average Bonchev–Trinajstić information content (AvgIpc) is 2.80. The van der Waals surface area contributed by atoms with Crippen molar-refractivity contribution >= 4 is 11.8 Å². The molecule has 0 spiro atoms. The Labute approximate surface area is 139 Å². The quantitative estimate of drug-likeness (QED) is 0.842. The molecular weight excluding hydrogens is 318 g/mol. The Morgan fingerprint density at radius 1 is 1.38 bits per heavy atom. The number of alkyl halides is 2. The molecule has 0 unspecified atom stereocenters. The molecule has 1 aliphatic carbocycles. The maximum Gasteiger partial charge on any atom is 0.257 e. The Balaban J connectivity index is 1.78. The first kappa shape index (κ1) is 16.9. The molecular formula is C16H22F2N4O2. The van der Waals surface area contributed by atoms with Gasteiger partial charge >= 0.3 is 0 Å². The second-order valence-electron chi connectivity index (χ2n) is 6.62. The first-order valence-electron chi connectivity index (χ1n) is 8.29. The van der Waals surface area contributed by atoms with Gasteiger partial charge in [0.1, 0.15) is 0 Å². The van der Waals surface area contributed by atoms with E-state index in [2.05, 4.69) is 5.10 Å². The van der Waals surface area contributed by atoms with Crippen LogP contribution in [0.15, 0.2) is 6.20 Å². The van der Waals surface area contributed by atoms with E-state index in [1.807, 2.05) is 6.92 Å². The average molecular weight is 340 g/mol. The molecule has 3 rings (SSSR count). The fourth-order valence-corrected chi connectivity index (χ4v) is 3.25. The second-order valence-corrected chi connectivity index (χ2v) is 6.62. The van der Waals surface area contributed by atoms with Crippen molar-refractivity contribution in [3.05, 3.63) is 17.5 Å². The topological polar surface area (TPSA) is 58.4 Å². The molecule has 132 valence electrons. The fourth-order valence-electron chi connectivity index (χ4n) is 3.25. The van der Waals surface area contributed by atoms with E-state index in [-0.39, 0.29) is 31.2 Å². The summed E-state index contributed by atoms with van der Waals surface area (Å²) in [5.41, 5.74) is 1.18. The Hall–Kier alpha value is -1.99. The van der Waals surface area contributed by atoms with E-state index >= 15 is 0 Å². The number of halogens is 2. The molecule has 1 fully saturated rings. The van der Waals surface area contributed by atoms with Gasteiger partial charge < -0.3 is 9.80 Å². The lowest BCUT2D eigenvalue weighted by atomic mass is 9.80. The summed E-state index contributed by atoms with van der Waals surface area (Å²) in [6.45, 7) is 3.82. The number of amides is 2. The molecule has 1 aromatic rings. The minimum atomic E-state index is -2.71. The van der Waals surface area contributed by atoms with Crippen molar-refractivity contribution in [2.45, 2.75) is 45.2 Å². The lowest BCUT2D eigenvalue weighted by Gasteiger charge is -2.36. The second kappa shape index (κ2) is 6.14. The number of nitrogens with zero attached hydrogens (tertiary/aromatic N) is 4. The molecule has 1 aromatic heterocycles. The van der Waals surface area contributed by atoms with Crippen LogP contribution in [-0.2, 0) is 17.9 Å². The molecule has 2 amide bonds. The molecule has 0 aromatic carbocycles. The summed E-state index contributed by atoms with van der Waals surface area (Å²) >= 11 is 0. The number of hydrogen-bond acceptors (Lipinski definition) is 3. The van der Waals surface area contributed by atoms with Gasteiger partial charge in [0.25, 0.3) is 5.91 Å². The summed E-state index contributed by atoms with van der Waals surface area (Å²) in [5, 5.41) is 4.26. The third-order valence-corrected chi connectivity index (χ3v) is 4.89. The lowest BCUT2D eigenvalue weighted by molar-refractivity contribution is -0.160. The highest BCUT2D eigenvalue weighted by atomic mass is 19.3. The zero-order chi connectivity index (χ0) is 17.5. The van der Waals surface area contributed by atoms with Gasteiger partial charge in [-0.3, -0.25) is 14.3 Å². The standard InChI is InChI=1S/C16H22F2N4O2/c1-3-20(2)15(24)12-9-19-22-6-4-5-21(10-13(12)22)14(23)11-7-16(17,18)8-11/h9,11H,3-8,10H2,1-2H3. The highest BCUT2D eigenvalue weighted by Crippen LogP contribution is 2.43. The van der Waals surface area contributed by atoms with Crippen molar-refractivity contribution in [2.24, 2.45) is 5.92 Å². The van der Waals surface area contributed by atoms with Crippen molar-refractivity contribution in [2.75, 3.05) is 20.1 Å². The zero-order valence-corrected chi connectivity index (χ0v) is 14.0. The van der Waals surface area contributed by atoms with E-state index < -0.39 is 11.8 Å². The number of aryl methyl sites for hydroxylation is 1. The summed E-state index contributed by atoms with van der Waals surface area (Å²) in [6.07, 6.45) is 1.49. The highest BCUT2D eigenvalue weighted by molar-refractivity contribution is 5.95. The van der Waals surface area contributed by atoms with Gasteiger partial charge in [0.15, 0.2) is 0 Å². The van der Waals surface area contributed by atoms with Crippen LogP contribution in [0.4, 0.5) is 8.78 Å². The number of fused-ring (bicyclic) bond motifs is 1. The van der Waals surface area contributed by atoms with E-state index in [1.54, 1.807) is 21.5 Å². The normalized spacial score (nSPS) is 20.1. The Morgan fingerprint density at radius 2 is 2.08 bits per heavy atom. The Kier molecular flexibility index (Phi) is 4.31. The molecule has 0 bridgehead atoms. The van der Waals surface area contributed by atoms with Crippen LogP contribution in [0.1, 0.15) is 42.2 Å². The van der Waals surface area contributed by atoms with Gasteiger partial charge in [0, 0.05) is 45.4 Å². The van der Waals surface area contributed by atoms with Crippen LogP contribution in [0.2, 0.25) is 0 Å². The van der Waals surface area contributed by atoms with Crippen molar-refractivity contribution < 1.29 is 18.4 Å². The highest BCUT2D eigenvalue weighted by Gasteiger charge is 2.50. The van der Waals surface area contributed by atoms with Crippen LogP contribution >= 0.6 is 0 Å². The molecule has 6 nitrogen and oxygen atoms in total. The fraction of sp³-hybridized carbons (Fsp3) is 0.688. The van der Waals surface area contributed by atoms with E-state index in [0.717, 1.165) is 0 Å². The SMILES string of the molecule is CCN(C)C(=O)c1cnn2c1CN(C(=O)C1CC(F)(F)C1)CCC2. The van der Waals surface area contributed by atoms with Crippen molar-refractivity contribution in [3.63, 3.8) is 0 Å². The first-order chi connectivity index (χ1) is 11.3. The monoisotopic (exact) mass is 340 g/mol. The number of carbonyl (C=O) groups excluding carboxylic acids is 2. The number of carbonyl (C=O) groups is 2. The van der Waals surface area contributed by atoms with Crippen molar-refractivity contribution in [1.29, 1.82) is 0 Å². The van der Waals surface area contributed by atoms with Gasteiger partial charge in [-0.05, 0) is 13.3 Å². The molecule has 2 heterocycles. The molecule has 1 aliphatic heterocycles. The zero-order valence-electron chi connectivity index (χ0n) is 14.0. The van der Waals surface area contributed by atoms with Crippen LogP contribution in [-0.4, -0.2) is 57.5 Å². The third kappa shape index (κ3) is 3.01. The number of hydrogen-bond donors (Lipinski definition) is 0. The molecule has 0 saturated heterocycles. The van der Waals surface area contributed by atoms with Crippen LogP contribution in [0.25, 0.3) is 0 Å². The molecule has 24 heavy (non-hydrogen) atoms. The van der Waals surface area contributed by atoms with Gasteiger partial charge in [-0.1, -0.05) is 0 Å². The molecule has 0 N–H and O–H groups in total. The van der Waals surface area contributed by atoms with Crippen molar-refractivity contribution in [3.8, 4) is 0 Å². The molecule has 0 radical (unpaired) electrons. The number of rotatable bonds is 3. The summed E-state index contributed by atoms with van der Waals surface area (Å²) in [5.74, 6) is -3.69. The summed E-state index contributed by atoms with van der Waals surface area (Å²) in [4.78, 5) is 28.1. The molecule has 1 saturated carbocycles. The summed E-state index contributed by atoms with van der Waals surface area (Å²) in [7, 11) is 1.71. The van der Waals surface area contributed by atoms with Crippen molar-refractivity contribution in [1.82, 2.24) is 19.6 Å². The van der Waals surface area contributed by atoms with Crippen LogP contribution in [0.5, 0.6) is 0 Å². The molecule has 2 aliphatic rings. The lowest BCUT2D eigenvalue weighted by Crippen LogP contribution is -2.46. The predicted octanol–water partition coefficient (Wildman–Crippen LogP) is 1.75. The van der Waals surface area contributed by atoms with Gasteiger partial charge in [0.05, 0.1) is 24.0 Å². The van der Waals surface area contributed by atoms with E-state index in [9.17, 15) is 18.4 Å². The summed E-state index contributed by atoms with van der Waals surface area (Å²) < 4.78 is 27.8. The van der Waals surface area contributed by atoms with Crippen LogP contribution < -0.4 is 0 Å². The first-order valence-corrected chi connectivity index (χ1v) is 8.29. The maximum atomic E-state index is 13.0. The maximum absolute atomic E-state index is 13.0. The van der Waals surface area contributed by atoms with Gasteiger partial charge in [0.2, 0.25) is 11.8 Å². The van der Waals surface area contributed by atoms with E-state index in [1.165, 1.54) is 6.20 Å². The molecule has 0 atom stereocenters. The Bertz CT molecular complexity index is 651. The summed E-state index contributed by atoms with van der Waals surface area (Å²) in [6, 6.07) is 0. The Morgan fingerprint density at radius 3 is 2.71 bits per heavy atom. The third-order valence-electron chi connectivity index (χ3n) is 4.89. The van der Waals surface area contributed by atoms with Gasteiger partial charge in [-0.2, -0.15) is 5.10 Å². The van der Waals surface area contributed by atoms with E-state index in [0.29, 0.717) is 37.3 Å². The molecule has 8 heteroatoms. The predicted molar refractivity (Wildman–Crippen MR) is 82.6 cm³/mol. The number of aromatic nitrogens is 2.